The molecule has 0 aliphatic heterocycles. The van der Waals surface area contributed by atoms with E-state index < -0.39 is 17.6 Å². The number of nitrogens with two attached hydrogens (primary N) is 1. The Morgan fingerprint density at radius 2 is 2.05 bits per heavy atom. The van der Waals surface area contributed by atoms with Crippen LogP contribution >= 0.6 is 0 Å². The highest BCUT2D eigenvalue weighted by atomic mass is 19.4. The van der Waals surface area contributed by atoms with Crippen LogP contribution in [0.3, 0.4) is 0 Å². The van der Waals surface area contributed by atoms with E-state index >= 15 is 0 Å². The summed E-state index contributed by atoms with van der Waals surface area (Å²) >= 11 is 0. The number of nitrogen functional groups attached to an aromatic ring is 1. The summed E-state index contributed by atoms with van der Waals surface area (Å²) in [5, 5.41) is 2.01. The molecule has 1 aliphatic rings. The number of benzene rings is 1. The standard InChI is InChI=1S/C13H13F3N2O/c14-13(15,16)12(6-7-12)18-11(19)5-4-9-2-1-3-10(17)8-9/h1-5,8H,6-7,17H2,(H,18,19)/b5-4+. The van der Waals surface area contributed by atoms with Gasteiger partial charge in [-0.25, -0.2) is 0 Å². The fraction of sp³-hybridized carbons (Fsp3) is 0.308. The van der Waals surface area contributed by atoms with E-state index in [4.69, 9.17) is 5.73 Å². The number of anilines is 1. The van der Waals surface area contributed by atoms with E-state index in [9.17, 15) is 18.0 Å². The number of amides is 1. The molecule has 0 saturated heterocycles. The van der Waals surface area contributed by atoms with Crippen molar-refractivity contribution in [3.63, 3.8) is 0 Å². The molecule has 2 rings (SSSR count). The normalized spacial score (nSPS) is 17.4. The third kappa shape index (κ3) is 3.07. The van der Waals surface area contributed by atoms with Gasteiger partial charge in [-0.1, -0.05) is 12.1 Å². The van der Waals surface area contributed by atoms with Crippen LogP contribution in [-0.4, -0.2) is 17.6 Å². The molecular weight excluding hydrogens is 257 g/mol. The molecule has 1 aliphatic carbocycles. The predicted molar refractivity (Wildman–Crippen MR) is 66.1 cm³/mol. The highest BCUT2D eigenvalue weighted by Crippen LogP contribution is 2.48. The first-order valence-electron chi connectivity index (χ1n) is 5.75. The number of hydrogen-bond donors (Lipinski definition) is 2. The molecule has 1 aromatic carbocycles. The van der Waals surface area contributed by atoms with Gasteiger partial charge in [0.05, 0.1) is 0 Å². The highest BCUT2D eigenvalue weighted by molar-refractivity contribution is 5.92. The summed E-state index contributed by atoms with van der Waals surface area (Å²) in [6.45, 7) is 0. The fourth-order valence-corrected chi connectivity index (χ4v) is 1.72. The van der Waals surface area contributed by atoms with Crippen LogP contribution in [0.1, 0.15) is 18.4 Å². The van der Waals surface area contributed by atoms with Gasteiger partial charge in [-0.3, -0.25) is 4.79 Å². The van der Waals surface area contributed by atoms with Gasteiger partial charge in [0.15, 0.2) is 0 Å². The highest BCUT2D eigenvalue weighted by Gasteiger charge is 2.64. The van der Waals surface area contributed by atoms with E-state index in [1.54, 1.807) is 24.3 Å². The van der Waals surface area contributed by atoms with Gasteiger partial charge < -0.3 is 11.1 Å². The number of rotatable bonds is 3. The van der Waals surface area contributed by atoms with E-state index in [0.717, 1.165) is 6.08 Å². The minimum absolute atomic E-state index is 0.0611. The molecule has 3 nitrogen and oxygen atoms in total. The van der Waals surface area contributed by atoms with Crippen molar-refractivity contribution in [2.45, 2.75) is 24.6 Å². The molecule has 1 aromatic rings. The first-order chi connectivity index (χ1) is 8.82. The van der Waals surface area contributed by atoms with Crippen molar-refractivity contribution in [1.29, 1.82) is 0 Å². The number of hydrogen-bond acceptors (Lipinski definition) is 2. The Bertz CT molecular complexity index is 519. The van der Waals surface area contributed by atoms with E-state index in [-0.39, 0.29) is 12.8 Å². The molecule has 102 valence electrons. The van der Waals surface area contributed by atoms with Crippen molar-refractivity contribution in [3.8, 4) is 0 Å². The van der Waals surface area contributed by atoms with E-state index in [2.05, 4.69) is 0 Å². The molecule has 1 saturated carbocycles. The van der Waals surface area contributed by atoms with Crippen LogP contribution in [0.15, 0.2) is 30.3 Å². The van der Waals surface area contributed by atoms with Crippen molar-refractivity contribution in [3.05, 3.63) is 35.9 Å². The quantitative estimate of drug-likeness (QED) is 0.655. The van der Waals surface area contributed by atoms with Crippen molar-refractivity contribution >= 4 is 17.7 Å². The summed E-state index contributed by atoms with van der Waals surface area (Å²) in [5.41, 5.74) is 4.71. The largest absolute Gasteiger partial charge is 0.411 e. The topological polar surface area (TPSA) is 55.1 Å². The SMILES string of the molecule is Nc1cccc(/C=C/C(=O)NC2(C(F)(F)F)CC2)c1. The molecule has 0 bridgehead atoms. The minimum atomic E-state index is -4.40. The molecule has 3 N–H and O–H groups in total. The lowest BCUT2D eigenvalue weighted by Gasteiger charge is -2.19. The van der Waals surface area contributed by atoms with E-state index in [1.165, 1.54) is 6.08 Å². The Labute approximate surface area is 108 Å². The molecule has 0 atom stereocenters. The maximum Gasteiger partial charge on any atom is 0.411 e. The van der Waals surface area contributed by atoms with Crippen LogP contribution in [0.2, 0.25) is 0 Å². The van der Waals surface area contributed by atoms with Crippen LogP contribution in [0.25, 0.3) is 6.08 Å². The maximum absolute atomic E-state index is 12.6. The van der Waals surface area contributed by atoms with Gasteiger partial charge >= 0.3 is 6.18 Å². The van der Waals surface area contributed by atoms with Crippen LogP contribution in [-0.2, 0) is 4.79 Å². The van der Waals surface area contributed by atoms with Gasteiger partial charge in [0.1, 0.15) is 5.54 Å². The average molecular weight is 270 g/mol. The fourth-order valence-electron chi connectivity index (χ4n) is 1.72. The van der Waals surface area contributed by atoms with Gasteiger partial charge in [0, 0.05) is 11.8 Å². The monoisotopic (exact) mass is 270 g/mol. The zero-order valence-corrected chi connectivity index (χ0v) is 10.00. The third-order valence-electron chi connectivity index (χ3n) is 2.99. The van der Waals surface area contributed by atoms with Crippen molar-refractivity contribution in [2.24, 2.45) is 0 Å². The lowest BCUT2D eigenvalue weighted by Crippen LogP contribution is -2.47. The molecule has 0 heterocycles. The summed E-state index contributed by atoms with van der Waals surface area (Å²) in [7, 11) is 0. The average Bonchev–Trinajstić information content (AvgIpc) is 3.07. The zero-order valence-electron chi connectivity index (χ0n) is 10.00. The second-order valence-corrected chi connectivity index (χ2v) is 4.57. The van der Waals surface area contributed by atoms with Crippen molar-refractivity contribution in [2.75, 3.05) is 5.73 Å². The predicted octanol–water partition coefficient (Wildman–Crippen LogP) is 2.49. The summed E-state index contributed by atoms with van der Waals surface area (Å²) < 4.78 is 37.9. The smallest absolute Gasteiger partial charge is 0.399 e. The summed E-state index contributed by atoms with van der Waals surface area (Å²) in [4.78, 5) is 11.5. The molecule has 1 fully saturated rings. The van der Waals surface area contributed by atoms with Gasteiger partial charge in [-0.15, -0.1) is 0 Å². The molecule has 1 amide bonds. The Balaban J connectivity index is 1.99. The van der Waals surface area contributed by atoms with Gasteiger partial charge in [0.25, 0.3) is 0 Å². The minimum Gasteiger partial charge on any atom is -0.399 e. The van der Waals surface area contributed by atoms with Crippen LogP contribution < -0.4 is 11.1 Å². The molecule has 0 aromatic heterocycles. The zero-order chi connectivity index (χ0) is 14.1. The molecule has 0 unspecified atom stereocenters. The molecular formula is C13H13F3N2O. The second-order valence-electron chi connectivity index (χ2n) is 4.57. The number of carbonyl (C=O) groups is 1. The maximum atomic E-state index is 12.6. The van der Waals surface area contributed by atoms with E-state index in [0.29, 0.717) is 11.3 Å². The van der Waals surface area contributed by atoms with Crippen LogP contribution in [0.4, 0.5) is 18.9 Å². The Hall–Kier alpha value is -1.98. The molecule has 0 radical (unpaired) electrons. The Kier molecular flexibility index (Phi) is 3.26. The summed E-state index contributed by atoms with van der Waals surface area (Å²) in [5.74, 6) is -0.753. The molecule has 0 spiro atoms. The summed E-state index contributed by atoms with van der Waals surface area (Å²) in [6, 6.07) is 6.71. The lowest BCUT2D eigenvalue weighted by atomic mass is 10.2. The molecule has 6 heteroatoms. The van der Waals surface area contributed by atoms with Crippen molar-refractivity contribution < 1.29 is 18.0 Å². The first kappa shape index (κ1) is 13.5. The number of nitrogens with one attached hydrogen (secondary N) is 1. The van der Waals surface area contributed by atoms with Crippen LogP contribution in [0, 0.1) is 0 Å². The summed E-state index contributed by atoms with van der Waals surface area (Å²) in [6.07, 6.45) is -2.00. The second kappa shape index (κ2) is 4.60. The van der Waals surface area contributed by atoms with Crippen molar-refractivity contribution in [1.82, 2.24) is 5.32 Å². The third-order valence-corrected chi connectivity index (χ3v) is 2.99. The van der Waals surface area contributed by atoms with Gasteiger partial charge in [-0.05, 0) is 36.6 Å². The van der Waals surface area contributed by atoms with Gasteiger partial charge in [-0.2, -0.15) is 13.2 Å². The van der Waals surface area contributed by atoms with Crippen LogP contribution in [0.5, 0.6) is 0 Å². The number of carbonyl (C=O) groups excluding carboxylic acids is 1. The van der Waals surface area contributed by atoms with Gasteiger partial charge in [0.2, 0.25) is 5.91 Å². The first-order valence-corrected chi connectivity index (χ1v) is 5.75. The Morgan fingerprint density at radius 3 is 2.58 bits per heavy atom. The lowest BCUT2D eigenvalue weighted by molar-refractivity contribution is -0.169. The number of alkyl halides is 3. The number of halogens is 3. The Morgan fingerprint density at radius 1 is 1.37 bits per heavy atom. The van der Waals surface area contributed by atoms with E-state index in [1.807, 2.05) is 5.32 Å². The molecule has 19 heavy (non-hydrogen) atoms.